The topological polar surface area (TPSA) is 60.2 Å². The van der Waals surface area contributed by atoms with E-state index in [-0.39, 0.29) is 12.8 Å². The van der Waals surface area contributed by atoms with Crippen LogP contribution in [-0.2, 0) is 10.0 Å². The van der Waals surface area contributed by atoms with E-state index in [0.717, 1.165) is 0 Å². The third-order valence-corrected chi connectivity index (χ3v) is 2.47. The lowest BCUT2D eigenvalue weighted by atomic mass is 10.0. The van der Waals surface area contributed by atoms with E-state index in [9.17, 15) is 8.42 Å². The Hall–Kier alpha value is -0.0900. The second-order valence-corrected chi connectivity index (χ2v) is 3.71. The maximum absolute atomic E-state index is 10.5. The van der Waals surface area contributed by atoms with Crippen LogP contribution >= 0.6 is 0 Å². The molecule has 0 spiro atoms. The van der Waals surface area contributed by atoms with Crippen LogP contribution in [0.5, 0.6) is 0 Å². The van der Waals surface area contributed by atoms with Crippen LogP contribution in [0.2, 0.25) is 0 Å². The molecule has 2 N–H and O–H groups in total. The molecule has 0 aliphatic heterocycles. The monoisotopic (exact) mass is 137 g/mol. The molecule has 0 amide bonds. The Labute approximate surface area is 51.7 Å². The molecule has 4 heteroatoms. The Bertz CT molecular complexity index is 228. The summed E-state index contributed by atoms with van der Waals surface area (Å²) in [5.41, 5.74) is 0. The molecule has 0 bridgehead atoms. The summed E-state index contributed by atoms with van der Waals surface area (Å²) in [6.07, 6.45) is -1.21. The summed E-state index contributed by atoms with van der Waals surface area (Å²) in [5, 5.41) is 4.12. The number of primary sulfonamides is 1. The maximum atomic E-state index is 10.5. The van der Waals surface area contributed by atoms with Crippen LogP contribution in [0.25, 0.3) is 0 Å². The molecule has 1 saturated carbocycles. The molecule has 8 heavy (non-hydrogen) atoms. The normalized spacial score (nSPS) is 32.6. The van der Waals surface area contributed by atoms with E-state index in [2.05, 4.69) is 0 Å². The van der Waals surface area contributed by atoms with E-state index in [0.29, 0.717) is 0 Å². The van der Waals surface area contributed by atoms with Gasteiger partial charge in [0.25, 0.3) is 0 Å². The minimum absolute atomic E-state index is 0.0475. The minimum Gasteiger partial charge on any atom is -0.228 e. The van der Waals surface area contributed by atoms with Crippen molar-refractivity contribution in [1.82, 2.24) is 0 Å². The number of hydrogen-bond donors (Lipinski definition) is 1. The number of sulfonamides is 1. The second-order valence-electron chi connectivity index (χ2n) is 1.87. The van der Waals surface area contributed by atoms with Crippen molar-refractivity contribution in [1.29, 1.82) is 0 Å². The number of rotatable bonds is 1. The van der Waals surface area contributed by atoms with Gasteiger partial charge in [0.15, 0.2) is 0 Å². The molecule has 0 aromatic carbocycles. The zero-order valence-electron chi connectivity index (χ0n) is 6.29. The Morgan fingerprint density at radius 1 is 1.62 bits per heavy atom. The van der Waals surface area contributed by atoms with Crippen LogP contribution in [0, 0.1) is 0 Å². The third kappa shape index (κ3) is 1.00. The molecule has 3 nitrogen and oxygen atoms in total. The quantitative estimate of drug-likeness (QED) is 0.545. The predicted molar refractivity (Wildman–Crippen MR) is 30.7 cm³/mol. The van der Waals surface area contributed by atoms with Crippen molar-refractivity contribution in [3.05, 3.63) is 0 Å². The van der Waals surface area contributed by atoms with Gasteiger partial charge in [-0.2, -0.15) is 0 Å². The summed E-state index contributed by atoms with van der Waals surface area (Å²) in [6, 6.07) is 0. The third-order valence-electron chi connectivity index (χ3n) is 1.21. The minimum atomic E-state index is -3.48. The van der Waals surface area contributed by atoms with Gasteiger partial charge in [0.2, 0.25) is 10.0 Å². The predicted octanol–water partition coefficient (Wildman–Crippen LogP) is -0.173. The average molecular weight is 137 g/mol. The van der Waals surface area contributed by atoms with Crippen LogP contribution in [0.3, 0.4) is 0 Å². The fraction of sp³-hybridized carbons (Fsp3) is 1.00. The highest BCUT2D eigenvalue weighted by atomic mass is 32.2. The van der Waals surface area contributed by atoms with E-state index in [1.165, 1.54) is 0 Å². The van der Waals surface area contributed by atoms with Crippen LogP contribution in [0.15, 0.2) is 0 Å². The van der Waals surface area contributed by atoms with Crippen molar-refractivity contribution in [3.63, 3.8) is 0 Å². The Morgan fingerprint density at radius 2 is 2.12 bits per heavy atom. The summed E-state index contributed by atoms with van der Waals surface area (Å²) >= 11 is 0. The first-order valence-electron chi connectivity index (χ1n) is 3.33. The van der Waals surface area contributed by atoms with Gasteiger partial charge in [-0.05, 0) is 12.8 Å². The van der Waals surface area contributed by atoms with Crippen LogP contribution in [-0.4, -0.2) is 13.7 Å². The van der Waals surface area contributed by atoms with Crippen molar-refractivity contribution < 1.29 is 11.2 Å². The van der Waals surface area contributed by atoms with Gasteiger partial charge in [-0.25, -0.2) is 13.6 Å². The molecular weight excluding hydrogens is 126 g/mol. The van der Waals surface area contributed by atoms with Crippen LogP contribution in [0.4, 0.5) is 0 Å². The molecule has 1 aliphatic carbocycles. The lowest BCUT2D eigenvalue weighted by Gasteiger charge is -2.21. The van der Waals surface area contributed by atoms with Gasteiger partial charge in [0.1, 0.15) is 0 Å². The van der Waals surface area contributed by atoms with Crippen molar-refractivity contribution >= 4 is 10.0 Å². The highest BCUT2D eigenvalue weighted by Crippen LogP contribution is 2.23. The van der Waals surface area contributed by atoms with Gasteiger partial charge in [-0.1, -0.05) is 6.37 Å². The van der Waals surface area contributed by atoms with Gasteiger partial charge >= 0.3 is 0 Å². The van der Waals surface area contributed by atoms with E-state index < -0.39 is 21.6 Å². The Morgan fingerprint density at radius 3 is 2.25 bits per heavy atom. The van der Waals surface area contributed by atoms with E-state index in [4.69, 9.17) is 7.88 Å². The highest BCUT2D eigenvalue weighted by molar-refractivity contribution is 7.89. The smallest absolute Gasteiger partial charge is 0.211 e. The molecule has 0 radical (unpaired) electrons. The average Bonchev–Trinajstić information content (AvgIpc) is 1.56. The first-order valence-corrected chi connectivity index (χ1v) is 3.94. The number of hydrogen-bond acceptors (Lipinski definition) is 2. The summed E-state index contributed by atoms with van der Waals surface area (Å²) in [4.78, 5) is 0. The zero-order chi connectivity index (χ0) is 7.99. The van der Waals surface area contributed by atoms with E-state index >= 15 is 0 Å². The van der Waals surface area contributed by atoms with E-state index in [1.54, 1.807) is 0 Å². The first-order chi connectivity index (χ1) is 4.31. The molecule has 1 aliphatic rings. The second kappa shape index (κ2) is 1.70. The zero-order valence-corrected chi connectivity index (χ0v) is 5.11. The van der Waals surface area contributed by atoms with Crippen LogP contribution in [0.1, 0.15) is 22.0 Å². The fourth-order valence-corrected chi connectivity index (χ4v) is 1.19. The van der Waals surface area contributed by atoms with E-state index in [1.807, 2.05) is 0 Å². The summed E-state index contributed by atoms with van der Waals surface area (Å²) in [6.45, 7) is 0. The molecule has 0 heterocycles. The largest absolute Gasteiger partial charge is 0.228 e. The van der Waals surface area contributed by atoms with Gasteiger partial charge in [0.05, 0.1) is 5.25 Å². The molecule has 1 fully saturated rings. The lowest BCUT2D eigenvalue weighted by Crippen LogP contribution is -2.33. The van der Waals surface area contributed by atoms with Crippen molar-refractivity contribution in [2.75, 3.05) is 0 Å². The Balaban J connectivity index is 2.57. The van der Waals surface area contributed by atoms with Gasteiger partial charge in [0, 0.05) is 2.74 Å². The molecular formula is C4H9NO2S. The standard InChI is InChI=1S/C4H9NO2S/c5-8(6,7)4-2-1-3-4/h4H,1-3H2,(H2,5,6,7)/i1D2. The van der Waals surface area contributed by atoms with Crippen LogP contribution < -0.4 is 5.14 Å². The van der Waals surface area contributed by atoms with Crippen molar-refractivity contribution in [2.45, 2.75) is 24.5 Å². The summed E-state index contributed by atoms with van der Waals surface area (Å²) < 4.78 is 35.1. The molecule has 0 aromatic heterocycles. The first kappa shape index (κ1) is 3.85. The maximum Gasteiger partial charge on any atom is 0.211 e. The van der Waals surface area contributed by atoms with Gasteiger partial charge in [-0.15, -0.1) is 0 Å². The van der Waals surface area contributed by atoms with Crippen molar-refractivity contribution in [2.24, 2.45) is 5.14 Å². The highest BCUT2D eigenvalue weighted by Gasteiger charge is 2.27. The molecule has 0 aromatic rings. The lowest BCUT2D eigenvalue weighted by molar-refractivity contribution is 0.477. The molecule has 1 rings (SSSR count). The summed E-state index contributed by atoms with van der Waals surface area (Å²) in [7, 11) is -3.48. The van der Waals surface area contributed by atoms with Gasteiger partial charge in [-0.3, -0.25) is 0 Å². The molecule has 0 saturated heterocycles. The molecule has 48 valence electrons. The SMILES string of the molecule is [2H]C1([2H])CC(S(N)(=O)=O)C1. The Kier molecular flexibility index (Phi) is 0.818. The molecule has 0 unspecified atom stereocenters. The summed E-state index contributed by atoms with van der Waals surface area (Å²) in [5.74, 6) is 0. The molecule has 0 atom stereocenters. The fourth-order valence-electron chi connectivity index (χ4n) is 0.494. The van der Waals surface area contributed by atoms with Gasteiger partial charge < -0.3 is 0 Å². The number of nitrogens with two attached hydrogens (primary N) is 1. The van der Waals surface area contributed by atoms with Crippen molar-refractivity contribution in [3.8, 4) is 0 Å².